The topological polar surface area (TPSA) is 172 Å². The highest BCUT2D eigenvalue weighted by Gasteiger charge is 2.27. The van der Waals surface area contributed by atoms with Gasteiger partial charge < -0.3 is 37.8 Å². The van der Waals surface area contributed by atoms with Crippen LogP contribution in [0.3, 0.4) is 0 Å². The normalized spacial score (nSPS) is 15.3. The third kappa shape index (κ3) is 10.9. The number of aliphatic hydroxyl groups is 1. The lowest BCUT2D eigenvalue weighted by Crippen LogP contribution is -2.56. The molecule has 0 aliphatic rings. The molecule has 0 aromatic rings. The quantitative estimate of drug-likeness (QED) is 0.162. The zero-order valence-electron chi connectivity index (χ0n) is 16.6. The molecular weight excluding hydrogens is 352 g/mol. The van der Waals surface area contributed by atoms with Gasteiger partial charge in [0.25, 0.3) is 0 Å². The predicted molar refractivity (Wildman–Crippen MR) is 104 cm³/mol. The molecule has 0 aromatic heterocycles. The second-order valence-corrected chi connectivity index (χ2v) is 6.59. The van der Waals surface area contributed by atoms with Crippen molar-refractivity contribution < 1.29 is 19.5 Å². The molecule has 0 radical (unpaired) electrons. The average Bonchev–Trinajstić information content (AvgIpc) is 2.60. The van der Waals surface area contributed by atoms with Crippen LogP contribution in [0.15, 0.2) is 0 Å². The fourth-order valence-electron chi connectivity index (χ4n) is 2.47. The van der Waals surface area contributed by atoms with Crippen molar-refractivity contribution in [2.75, 3.05) is 26.7 Å². The predicted octanol–water partition coefficient (Wildman–Crippen LogP) is -2.46. The van der Waals surface area contributed by atoms with Gasteiger partial charge in [-0.25, -0.2) is 0 Å². The minimum atomic E-state index is -1.08. The summed E-state index contributed by atoms with van der Waals surface area (Å²) in [6, 6.07) is -1.60. The van der Waals surface area contributed by atoms with Crippen molar-refractivity contribution in [1.82, 2.24) is 21.3 Å². The van der Waals surface area contributed by atoms with Gasteiger partial charge in [-0.2, -0.15) is 0 Å². The third-order valence-corrected chi connectivity index (χ3v) is 4.07. The molecule has 0 fully saturated rings. The Kier molecular flexibility index (Phi) is 13.4. The monoisotopic (exact) mass is 388 g/mol. The maximum atomic E-state index is 12.3. The Morgan fingerprint density at radius 3 is 2.15 bits per heavy atom. The third-order valence-electron chi connectivity index (χ3n) is 4.07. The van der Waals surface area contributed by atoms with E-state index in [2.05, 4.69) is 21.3 Å². The van der Waals surface area contributed by atoms with Crippen LogP contribution in [0.4, 0.5) is 0 Å². The number of amides is 3. The van der Waals surface area contributed by atoms with Crippen LogP contribution in [0.2, 0.25) is 0 Å². The summed E-state index contributed by atoms with van der Waals surface area (Å²) in [7, 11) is 1.62. The number of hydrogen-bond donors (Lipinski definition) is 7. The molecule has 0 aliphatic carbocycles. The molecule has 0 saturated carbocycles. The largest absolute Gasteiger partial charge is 0.391 e. The number of aliphatic hydroxyl groups excluding tert-OH is 1. The molecular formula is C17H36N6O4. The first-order valence-electron chi connectivity index (χ1n) is 9.39. The summed E-state index contributed by atoms with van der Waals surface area (Å²) in [4.78, 5) is 36.2. The van der Waals surface area contributed by atoms with Crippen molar-refractivity contribution >= 4 is 17.7 Å². The van der Waals surface area contributed by atoms with Crippen molar-refractivity contribution in [3.05, 3.63) is 0 Å². The van der Waals surface area contributed by atoms with E-state index in [9.17, 15) is 19.5 Å². The Balaban J connectivity index is 4.37. The summed E-state index contributed by atoms with van der Waals surface area (Å²) in [5.74, 6) is -1.01. The maximum Gasteiger partial charge on any atom is 0.245 e. The lowest BCUT2D eigenvalue weighted by Gasteiger charge is -2.23. The van der Waals surface area contributed by atoms with Crippen molar-refractivity contribution in [2.24, 2.45) is 11.5 Å². The van der Waals surface area contributed by atoms with Crippen LogP contribution in [0, 0.1) is 0 Å². The van der Waals surface area contributed by atoms with Gasteiger partial charge in [0, 0.05) is 19.0 Å². The lowest BCUT2D eigenvalue weighted by molar-refractivity contribution is -0.132. The first kappa shape index (κ1) is 25.2. The first-order chi connectivity index (χ1) is 12.8. The van der Waals surface area contributed by atoms with E-state index in [-0.39, 0.29) is 24.9 Å². The summed E-state index contributed by atoms with van der Waals surface area (Å²) in [5.41, 5.74) is 10.9. The van der Waals surface area contributed by atoms with Gasteiger partial charge in [-0.3, -0.25) is 14.4 Å². The molecule has 0 heterocycles. The Morgan fingerprint density at radius 1 is 1.00 bits per heavy atom. The van der Waals surface area contributed by atoms with Crippen molar-refractivity contribution in [1.29, 1.82) is 0 Å². The SMILES string of the molecule is CNC(CCN)C(=O)NC(C(=O)NCCCC(=O)NC(C)CCN)C(C)O. The number of hydrogen-bond acceptors (Lipinski definition) is 7. The fourth-order valence-corrected chi connectivity index (χ4v) is 2.47. The first-order valence-corrected chi connectivity index (χ1v) is 9.39. The minimum absolute atomic E-state index is 0.0144. The summed E-state index contributed by atoms with van der Waals surface area (Å²) in [6.45, 7) is 4.38. The van der Waals surface area contributed by atoms with E-state index in [1.165, 1.54) is 6.92 Å². The van der Waals surface area contributed by atoms with Gasteiger partial charge in [0.15, 0.2) is 0 Å². The van der Waals surface area contributed by atoms with E-state index >= 15 is 0 Å². The van der Waals surface area contributed by atoms with Gasteiger partial charge in [0.2, 0.25) is 17.7 Å². The number of likely N-dealkylation sites (N-methyl/N-ethyl adjacent to an activating group) is 1. The highest BCUT2D eigenvalue weighted by atomic mass is 16.3. The van der Waals surface area contributed by atoms with Gasteiger partial charge in [0.05, 0.1) is 12.1 Å². The van der Waals surface area contributed by atoms with Crippen LogP contribution in [0.5, 0.6) is 0 Å². The second kappa shape index (κ2) is 14.3. The van der Waals surface area contributed by atoms with E-state index in [0.29, 0.717) is 32.4 Å². The Labute approximate surface area is 161 Å². The van der Waals surface area contributed by atoms with Gasteiger partial charge >= 0.3 is 0 Å². The minimum Gasteiger partial charge on any atom is -0.391 e. The van der Waals surface area contributed by atoms with E-state index in [4.69, 9.17) is 11.5 Å². The molecule has 158 valence electrons. The zero-order valence-corrected chi connectivity index (χ0v) is 16.6. The van der Waals surface area contributed by atoms with E-state index < -0.39 is 30.0 Å². The molecule has 0 spiro atoms. The van der Waals surface area contributed by atoms with Gasteiger partial charge in [-0.1, -0.05) is 0 Å². The molecule has 0 aromatic carbocycles. The van der Waals surface area contributed by atoms with Crippen molar-refractivity contribution in [2.45, 2.75) is 63.8 Å². The molecule has 9 N–H and O–H groups in total. The highest BCUT2D eigenvalue weighted by molar-refractivity contribution is 5.90. The zero-order chi connectivity index (χ0) is 20.8. The fraction of sp³-hybridized carbons (Fsp3) is 0.824. The van der Waals surface area contributed by atoms with Crippen molar-refractivity contribution in [3.63, 3.8) is 0 Å². The number of carbonyl (C=O) groups is 3. The van der Waals surface area contributed by atoms with Crippen LogP contribution in [-0.2, 0) is 14.4 Å². The second-order valence-electron chi connectivity index (χ2n) is 6.59. The number of carbonyl (C=O) groups excluding carboxylic acids is 3. The van der Waals surface area contributed by atoms with Crippen LogP contribution in [0.1, 0.15) is 39.5 Å². The molecule has 4 atom stereocenters. The van der Waals surface area contributed by atoms with Crippen LogP contribution >= 0.6 is 0 Å². The summed E-state index contributed by atoms with van der Waals surface area (Å²) in [6.07, 6.45) is 0.757. The highest BCUT2D eigenvalue weighted by Crippen LogP contribution is 1.98. The van der Waals surface area contributed by atoms with E-state index in [1.807, 2.05) is 6.92 Å². The number of nitrogens with one attached hydrogen (secondary N) is 4. The van der Waals surface area contributed by atoms with Gasteiger partial charge in [-0.15, -0.1) is 0 Å². The van der Waals surface area contributed by atoms with Crippen LogP contribution < -0.4 is 32.7 Å². The van der Waals surface area contributed by atoms with E-state index in [1.54, 1.807) is 7.05 Å². The maximum absolute atomic E-state index is 12.3. The van der Waals surface area contributed by atoms with Crippen molar-refractivity contribution in [3.8, 4) is 0 Å². The summed E-state index contributed by atoms with van der Waals surface area (Å²) in [5, 5.41) is 20.6. The molecule has 3 amide bonds. The standard InChI is InChI=1S/C17H36N6O4/c1-11(6-8-18)22-14(25)5-4-10-21-17(27)15(12(2)24)23-16(26)13(20-3)7-9-19/h11-13,15,20,24H,4-10,18-19H2,1-3H3,(H,21,27)(H,22,25)(H,23,26). The molecule has 10 nitrogen and oxygen atoms in total. The molecule has 0 aliphatic heterocycles. The average molecular weight is 389 g/mol. The van der Waals surface area contributed by atoms with Crippen LogP contribution in [0.25, 0.3) is 0 Å². The Morgan fingerprint density at radius 2 is 1.63 bits per heavy atom. The number of rotatable bonds is 14. The number of nitrogens with two attached hydrogens (primary N) is 2. The summed E-state index contributed by atoms with van der Waals surface area (Å²) >= 11 is 0. The summed E-state index contributed by atoms with van der Waals surface area (Å²) < 4.78 is 0. The molecule has 4 unspecified atom stereocenters. The van der Waals surface area contributed by atoms with Crippen LogP contribution in [-0.4, -0.2) is 73.7 Å². The smallest absolute Gasteiger partial charge is 0.245 e. The molecule has 27 heavy (non-hydrogen) atoms. The van der Waals surface area contributed by atoms with Gasteiger partial charge in [-0.05, 0) is 53.2 Å². The van der Waals surface area contributed by atoms with E-state index in [0.717, 1.165) is 0 Å². The lowest BCUT2D eigenvalue weighted by atomic mass is 10.1. The molecule has 0 saturated heterocycles. The molecule has 0 bridgehead atoms. The van der Waals surface area contributed by atoms with Gasteiger partial charge in [0.1, 0.15) is 6.04 Å². The Bertz CT molecular complexity index is 461. The molecule has 0 rings (SSSR count). The molecule has 10 heteroatoms. The Hall–Kier alpha value is -1.75.